The number of hydrogen-bond donors (Lipinski definition) is 8. The predicted molar refractivity (Wildman–Crippen MR) is 176 cm³/mol. The molecule has 15 nitrogen and oxygen atoms in total. The molecule has 1 saturated carbocycles. The van der Waals surface area contributed by atoms with Crippen LogP contribution in [0.25, 0.3) is 5.76 Å². The third-order valence-electron chi connectivity index (χ3n) is 9.33. The Bertz CT molecular complexity index is 1900. The highest BCUT2D eigenvalue weighted by molar-refractivity contribution is 6.30. The van der Waals surface area contributed by atoms with Gasteiger partial charge in [0.25, 0.3) is 5.91 Å². The number of carbonyl (C=O) groups excluding carboxylic acids is 4. The number of phenolic OH excluding ortho intramolecular Hbond substituents is 1. The van der Waals surface area contributed by atoms with Gasteiger partial charge in [-0.05, 0) is 62.8 Å². The van der Waals surface area contributed by atoms with Gasteiger partial charge in [-0.15, -0.1) is 0 Å². The third kappa shape index (κ3) is 4.75. The summed E-state index contributed by atoms with van der Waals surface area (Å²) >= 11 is 5.90. The second-order valence-corrected chi connectivity index (χ2v) is 13.2. The van der Waals surface area contributed by atoms with E-state index in [9.17, 15) is 39.8 Å². The molecule has 0 spiro atoms. The molecule has 0 radical (unpaired) electrons. The third-order valence-corrected chi connectivity index (χ3v) is 9.58. The molecule has 16 heteroatoms. The van der Waals surface area contributed by atoms with Crippen LogP contribution in [0, 0.1) is 16.7 Å². The Balaban J connectivity index is 1.67. The van der Waals surface area contributed by atoms with Crippen molar-refractivity contribution in [2.75, 3.05) is 38.4 Å². The number of urea groups is 1. The summed E-state index contributed by atoms with van der Waals surface area (Å²) in [5.41, 5.74) is 12.2. The molecule has 2 aromatic rings. The van der Waals surface area contributed by atoms with Gasteiger partial charge in [0, 0.05) is 42.6 Å². The lowest BCUT2D eigenvalue weighted by Crippen LogP contribution is -2.80. The van der Waals surface area contributed by atoms with Crippen LogP contribution < -0.4 is 32.7 Å². The minimum absolute atomic E-state index is 0.154. The molecule has 0 heterocycles. The van der Waals surface area contributed by atoms with Crippen molar-refractivity contribution >= 4 is 52.2 Å². The molecule has 1 fully saturated rings. The summed E-state index contributed by atoms with van der Waals surface area (Å²) in [6.45, 7) is -0.226. The highest BCUT2D eigenvalue weighted by Gasteiger charge is 2.74. The summed E-state index contributed by atoms with van der Waals surface area (Å²) < 4.78 is 0. The predicted octanol–water partition coefficient (Wildman–Crippen LogP) is 0.947. The van der Waals surface area contributed by atoms with E-state index >= 15 is 0 Å². The van der Waals surface area contributed by atoms with Crippen LogP contribution in [-0.4, -0.2) is 89.0 Å². The zero-order valence-electron chi connectivity index (χ0n) is 26.5. The monoisotopic (exact) mass is 678 g/mol. The zero-order chi connectivity index (χ0) is 35.7. The van der Waals surface area contributed by atoms with E-state index in [-0.39, 0.29) is 24.1 Å². The topological polar surface area (TPSA) is 261 Å². The van der Waals surface area contributed by atoms with Gasteiger partial charge in [-0.2, -0.15) is 5.26 Å². The van der Waals surface area contributed by atoms with E-state index in [1.54, 1.807) is 55.4 Å². The molecule has 11 N–H and O–H groups in total. The average Bonchev–Trinajstić information content (AvgIpc) is 2.96. The highest BCUT2D eigenvalue weighted by atomic mass is 35.5. The number of fused-ring (bicyclic) bond motifs is 3. The van der Waals surface area contributed by atoms with Crippen LogP contribution in [0.15, 0.2) is 47.2 Å². The number of rotatable bonds is 6. The van der Waals surface area contributed by atoms with Gasteiger partial charge in [-0.25, -0.2) is 4.79 Å². The van der Waals surface area contributed by atoms with Crippen molar-refractivity contribution in [1.82, 2.24) is 10.2 Å². The first-order valence-corrected chi connectivity index (χ1v) is 15.0. The molecule has 0 unspecified atom stereocenters. The molecule has 4 atom stereocenters. The minimum Gasteiger partial charge on any atom is -0.509 e. The molecule has 0 saturated heterocycles. The van der Waals surface area contributed by atoms with Crippen LogP contribution in [0.4, 0.5) is 16.2 Å². The van der Waals surface area contributed by atoms with Crippen molar-refractivity contribution in [3.63, 3.8) is 0 Å². The lowest BCUT2D eigenvalue weighted by Gasteiger charge is -2.58. The van der Waals surface area contributed by atoms with Gasteiger partial charge in [0.05, 0.1) is 34.3 Å². The van der Waals surface area contributed by atoms with Crippen LogP contribution in [0.3, 0.4) is 0 Å². The Labute approximate surface area is 280 Å². The average molecular weight is 679 g/mol. The number of nitriles is 1. The zero-order valence-corrected chi connectivity index (χ0v) is 27.3. The number of Topliss-reactive ketones (excluding diaryl/α,β-unsaturated/α-hetero) is 2. The standard InChI is InChI=1S/C32H35ClN8O7/c1-40(2)18-9-14(11-38-29(48)39-16-7-5-15(33)6-8-16)22(42)19-17(18)10-30(36)12-32(37)25(41(3)4)24(44)20(28(35)47)26(45)31(32,13-34)27(46)21(30)23(19)43/h5-9,25,42-43,45H,10-12,36-37H2,1-4H3,(H2,35,47)(H2,38,39,48)/t25-,30-,31+,32-/m1/s1. The van der Waals surface area contributed by atoms with E-state index in [2.05, 4.69) is 10.6 Å². The minimum atomic E-state index is -2.77. The van der Waals surface area contributed by atoms with Crippen LogP contribution in [-0.2, 0) is 27.3 Å². The molecule has 0 aromatic heterocycles. The maximum atomic E-state index is 14.6. The number of nitrogens with two attached hydrogens (primary N) is 3. The number of carbonyl (C=O) groups is 4. The number of aliphatic hydroxyl groups excluding tert-OH is 2. The fourth-order valence-corrected chi connectivity index (χ4v) is 7.48. The molecule has 3 amide bonds. The number of amides is 3. The number of likely N-dealkylation sites (N-methyl/N-ethyl adjacent to an activating group) is 1. The Kier molecular flexibility index (Phi) is 8.21. The fraction of sp³-hybridized carbons (Fsp3) is 0.344. The van der Waals surface area contributed by atoms with Crippen LogP contribution in [0.5, 0.6) is 5.75 Å². The van der Waals surface area contributed by atoms with Crippen molar-refractivity contribution < 1.29 is 34.5 Å². The number of phenols is 1. The van der Waals surface area contributed by atoms with Crippen molar-refractivity contribution in [1.29, 1.82) is 5.26 Å². The number of anilines is 2. The second kappa shape index (κ2) is 11.5. The van der Waals surface area contributed by atoms with Gasteiger partial charge < -0.3 is 48.1 Å². The number of halogens is 1. The quantitative estimate of drug-likeness (QED) is 0.199. The Morgan fingerprint density at radius 3 is 2.27 bits per heavy atom. The fourth-order valence-electron chi connectivity index (χ4n) is 7.35. The summed E-state index contributed by atoms with van der Waals surface area (Å²) in [5.74, 6) is -6.14. The van der Waals surface area contributed by atoms with Crippen molar-refractivity contribution in [2.45, 2.75) is 36.5 Å². The Hall–Kier alpha value is -5.14. The van der Waals surface area contributed by atoms with Gasteiger partial charge in [-0.3, -0.25) is 19.3 Å². The number of ketones is 2. The number of aliphatic hydroxyl groups is 2. The van der Waals surface area contributed by atoms with Gasteiger partial charge in [-0.1, -0.05) is 11.6 Å². The summed E-state index contributed by atoms with van der Waals surface area (Å²) in [4.78, 5) is 56.3. The van der Waals surface area contributed by atoms with Crippen LogP contribution in [0.1, 0.15) is 23.1 Å². The van der Waals surface area contributed by atoms with Crippen molar-refractivity contribution in [2.24, 2.45) is 22.6 Å². The van der Waals surface area contributed by atoms with E-state index < -0.39 is 80.9 Å². The van der Waals surface area contributed by atoms with E-state index in [1.165, 1.54) is 19.0 Å². The summed E-state index contributed by atoms with van der Waals surface area (Å²) in [5, 5.41) is 51.1. The molecule has 48 heavy (non-hydrogen) atoms. The first-order valence-electron chi connectivity index (χ1n) is 14.6. The largest absolute Gasteiger partial charge is 0.509 e. The molecule has 3 aliphatic carbocycles. The lowest BCUT2D eigenvalue weighted by molar-refractivity contribution is -0.139. The molecule has 3 aliphatic rings. The maximum Gasteiger partial charge on any atom is 0.319 e. The smallest absolute Gasteiger partial charge is 0.319 e. The lowest BCUT2D eigenvalue weighted by atomic mass is 9.47. The maximum absolute atomic E-state index is 14.6. The number of hydrogen-bond acceptors (Lipinski definition) is 12. The number of primary amides is 1. The number of nitrogens with one attached hydrogen (secondary N) is 2. The highest BCUT2D eigenvalue weighted by Crippen LogP contribution is 2.59. The Morgan fingerprint density at radius 2 is 1.73 bits per heavy atom. The van der Waals surface area contributed by atoms with Gasteiger partial charge in [0.1, 0.15) is 22.8 Å². The summed E-state index contributed by atoms with van der Waals surface area (Å²) in [6, 6.07) is 7.59. The number of aromatic hydroxyl groups is 1. The van der Waals surface area contributed by atoms with Gasteiger partial charge in [0.2, 0.25) is 0 Å². The van der Waals surface area contributed by atoms with Gasteiger partial charge in [0.15, 0.2) is 17.0 Å². The molecule has 2 aromatic carbocycles. The van der Waals surface area contributed by atoms with Crippen molar-refractivity contribution in [3.05, 3.63) is 69.0 Å². The van der Waals surface area contributed by atoms with E-state index in [0.29, 0.717) is 22.0 Å². The molecule has 0 aliphatic heterocycles. The molecular weight excluding hydrogens is 644 g/mol. The van der Waals surface area contributed by atoms with E-state index in [4.69, 9.17) is 28.8 Å². The second-order valence-electron chi connectivity index (χ2n) is 12.7. The van der Waals surface area contributed by atoms with Crippen LogP contribution >= 0.6 is 11.6 Å². The number of nitrogens with zero attached hydrogens (tertiary/aromatic N) is 3. The first kappa shape index (κ1) is 34.2. The number of benzene rings is 2. The van der Waals surface area contributed by atoms with Crippen molar-refractivity contribution in [3.8, 4) is 11.8 Å². The molecular formula is C32H35ClN8O7. The normalized spacial score (nSPS) is 26.4. The Morgan fingerprint density at radius 1 is 1.10 bits per heavy atom. The van der Waals surface area contributed by atoms with E-state index in [0.717, 1.165) is 0 Å². The molecule has 0 bridgehead atoms. The SMILES string of the molecule is CN(C)c1cc(CNC(=O)Nc2ccc(Cl)cc2)c(O)c2c1C[C@@]1(N)C[C@@]3(N)[C@H](N(C)C)C(=O)C(C(N)=O)=C(O)[C@@]3(C#N)C(=O)C1=C2O. The summed E-state index contributed by atoms with van der Waals surface area (Å²) in [7, 11) is 6.29. The first-order chi connectivity index (χ1) is 22.4. The molecule has 5 rings (SSSR count). The van der Waals surface area contributed by atoms with E-state index in [1.807, 2.05) is 0 Å². The van der Waals surface area contributed by atoms with Crippen LogP contribution in [0.2, 0.25) is 5.02 Å². The molecule has 252 valence electrons. The van der Waals surface area contributed by atoms with Gasteiger partial charge >= 0.3 is 6.03 Å². The summed E-state index contributed by atoms with van der Waals surface area (Å²) in [6.07, 6.45) is -0.702.